The number of aromatic nitrogens is 2. The lowest BCUT2D eigenvalue weighted by Crippen LogP contribution is -2.29. The highest BCUT2D eigenvalue weighted by molar-refractivity contribution is 7.12. The first-order chi connectivity index (χ1) is 8.74. The molecule has 3 nitrogen and oxygen atoms in total. The lowest BCUT2D eigenvalue weighted by molar-refractivity contribution is 0.519. The van der Waals surface area contributed by atoms with E-state index in [2.05, 4.69) is 29.5 Å². The molecule has 1 atom stereocenters. The van der Waals surface area contributed by atoms with E-state index in [0.717, 1.165) is 12.1 Å². The van der Waals surface area contributed by atoms with Crippen molar-refractivity contribution in [3.63, 3.8) is 0 Å². The molecule has 96 valence electrons. The van der Waals surface area contributed by atoms with Crippen LogP contribution in [-0.4, -0.2) is 16.0 Å². The maximum atomic E-state index is 4.82. The van der Waals surface area contributed by atoms with E-state index in [1.54, 1.807) is 11.3 Å². The van der Waals surface area contributed by atoms with Crippen LogP contribution in [0.5, 0.6) is 0 Å². The second-order valence-electron chi connectivity index (χ2n) is 4.94. The first-order valence-electron chi connectivity index (χ1n) is 6.36. The van der Waals surface area contributed by atoms with E-state index in [9.17, 15) is 0 Å². The van der Waals surface area contributed by atoms with Gasteiger partial charge in [-0.25, -0.2) is 9.97 Å². The summed E-state index contributed by atoms with van der Waals surface area (Å²) in [5, 5.41) is 6.88. The molecule has 5 heteroatoms. The Morgan fingerprint density at radius 3 is 2.89 bits per heavy atom. The predicted molar refractivity (Wildman–Crippen MR) is 76.4 cm³/mol. The minimum atomic E-state index is 0.159. The molecule has 0 radical (unpaired) electrons. The van der Waals surface area contributed by atoms with E-state index < -0.39 is 0 Å². The minimum Gasteiger partial charge on any atom is -0.301 e. The molecular weight excluding hydrogens is 262 g/mol. The van der Waals surface area contributed by atoms with Gasteiger partial charge in [0.25, 0.3) is 0 Å². The Bertz CT molecular complexity index is 495. The van der Waals surface area contributed by atoms with Gasteiger partial charge in [-0.3, -0.25) is 0 Å². The summed E-state index contributed by atoms with van der Waals surface area (Å²) in [6, 6.07) is 0.585. The fraction of sp³-hybridized carbons (Fsp3) is 0.538. The smallest absolute Gasteiger partial charge is 0.116 e. The van der Waals surface area contributed by atoms with Gasteiger partial charge in [0, 0.05) is 16.3 Å². The highest BCUT2D eigenvalue weighted by Gasteiger charge is 2.24. The number of thiazole rings is 2. The Balaban J connectivity index is 1.92. The molecule has 0 saturated heterocycles. The van der Waals surface area contributed by atoms with Crippen molar-refractivity contribution in [2.75, 3.05) is 0 Å². The molecule has 0 saturated carbocycles. The standard InChI is InChI=1S/C13H17N3S2/c1-8(2)15-12(10-6-17-7-14-10)13-16-9-4-3-5-11(9)18-13/h6-8,12,15H,3-5H2,1-2H3. The molecular formula is C13H17N3S2. The van der Waals surface area contributed by atoms with Crippen molar-refractivity contribution in [3.05, 3.63) is 32.2 Å². The van der Waals surface area contributed by atoms with Crippen LogP contribution in [0.25, 0.3) is 0 Å². The van der Waals surface area contributed by atoms with Gasteiger partial charge in [-0.1, -0.05) is 0 Å². The molecule has 0 aromatic carbocycles. The van der Waals surface area contributed by atoms with Crippen molar-refractivity contribution < 1.29 is 0 Å². The van der Waals surface area contributed by atoms with Crippen LogP contribution < -0.4 is 5.32 Å². The molecule has 1 unspecified atom stereocenters. The summed E-state index contributed by atoms with van der Waals surface area (Å²) >= 11 is 3.51. The van der Waals surface area contributed by atoms with Gasteiger partial charge in [-0.15, -0.1) is 22.7 Å². The monoisotopic (exact) mass is 279 g/mol. The van der Waals surface area contributed by atoms with E-state index in [1.807, 2.05) is 16.8 Å². The van der Waals surface area contributed by atoms with Crippen LogP contribution in [0.4, 0.5) is 0 Å². The lowest BCUT2D eigenvalue weighted by atomic mass is 10.2. The largest absolute Gasteiger partial charge is 0.301 e. The summed E-state index contributed by atoms with van der Waals surface area (Å²) in [5.74, 6) is 0. The van der Waals surface area contributed by atoms with Crippen LogP contribution in [0.15, 0.2) is 10.9 Å². The van der Waals surface area contributed by atoms with E-state index in [1.165, 1.54) is 28.4 Å². The van der Waals surface area contributed by atoms with Crippen LogP contribution in [-0.2, 0) is 12.8 Å². The topological polar surface area (TPSA) is 37.8 Å². The Morgan fingerprint density at radius 1 is 1.33 bits per heavy atom. The summed E-state index contributed by atoms with van der Waals surface area (Å²) in [6.07, 6.45) is 3.63. The number of nitrogens with zero attached hydrogens (tertiary/aromatic N) is 2. The number of fused-ring (bicyclic) bond motifs is 1. The molecule has 18 heavy (non-hydrogen) atoms. The van der Waals surface area contributed by atoms with Crippen LogP contribution in [0.3, 0.4) is 0 Å². The average Bonchev–Trinajstić information content (AvgIpc) is 3.01. The van der Waals surface area contributed by atoms with Crippen molar-refractivity contribution >= 4 is 22.7 Å². The Hall–Kier alpha value is -0.780. The number of rotatable bonds is 4. The summed E-state index contributed by atoms with van der Waals surface area (Å²) in [5.41, 5.74) is 4.31. The van der Waals surface area contributed by atoms with Gasteiger partial charge in [-0.05, 0) is 33.1 Å². The SMILES string of the molecule is CC(C)NC(c1cscn1)c1nc2c(s1)CCC2. The highest BCUT2D eigenvalue weighted by atomic mass is 32.1. The zero-order valence-electron chi connectivity index (χ0n) is 10.6. The molecule has 2 aromatic rings. The lowest BCUT2D eigenvalue weighted by Gasteiger charge is -2.17. The summed E-state index contributed by atoms with van der Waals surface area (Å²) in [7, 11) is 0. The molecule has 2 heterocycles. The number of hydrogen-bond donors (Lipinski definition) is 1. The van der Waals surface area contributed by atoms with E-state index in [-0.39, 0.29) is 6.04 Å². The third-order valence-electron chi connectivity index (χ3n) is 3.11. The Kier molecular flexibility index (Phi) is 3.46. The van der Waals surface area contributed by atoms with Crippen LogP contribution in [0.1, 0.15) is 47.6 Å². The van der Waals surface area contributed by atoms with Gasteiger partial charge in [0.1, 0.15) is 11.0 Å². The number of nitrogens with one attached hydrogen (secondary N) is 1. The van der Waals surface area contributed by atoms with Gasteiger partial charge >= 0.3 is 0 Å². The van der Waals surface area contributed by atoms with Gasteiger partial charge in [-0.2, -0.15) is 0 Å². The van der Waals surface area contributed by atoms with E-state index in [0.29, 0.717) is 6.04 Å². The molecule has 0 amide bonds. The second-order valence-corrected chi connectivity index (χ2v) is 6.78. The van der Waals surface area contributed by atoms with Gasteiger partial charge in [0.2, 0.25) is 0 Å². The van der Waals surface area contributed by atoms with E-state index >= 15 is 0 Å². The van der Waals surface area contributed by atoms with Crippen molar-refractivity contribution in [1.29, 1.82) is 0 Å². The van der Waals surface area contributed by atoms with Crippen LogP contribution in [0, 0.1) is 0 Å². The van der Waals surface area contributed by atoms with Crippen molar-refractivity contribution in [2.24, 2.45) is 0 Å². The summed E-state index contributed by atoms with van der Waals surface area (Å²) < 4.78 is 0. The zero-order valence-corrected chi connectivity index (χ0v) is 12.3. The highest BCUT2D eigenvalue weighted by Crippen LogP contribution is 2.33. The maximum Gasteiger partial charge on any atom is 0.116 e. The quantitative estimate of drug-likeness (QED) is 0.934. The van der Waals surface area contributed by atoms with Crippen molar-refractivity contribution in [2.45, 2.75) is 45.2 Å². The third-order valence-corrected chi connectivity index (χ3v) is 4.93. The molecule has 3 rings (SSSR count). The fourth-order valence-corrected chi connectivity index (χ4v) is 4.12. The zero-order chi connectivity index (χ0) is 12.5. The average molecular weight is 279 g/mol. The molecule has 1 aliphatic rings. The van der Waals surface area contributed by atoms with Gasteiger partial charge in [0.15, 0.2) is 0 Å². The molecule has 2 aromatic heterocycles. The second kappa shape index (κ2) is 5.07. The summed E-state index contributed by atoms with van der Waals surface area (Å²) in [4.78, 5) is 10.8. The van der Waals surface area contributed by atoms with Gasteiger partial charge < -0.3 is 5.32 Å². The Morgan fingerprint density at radius 2 is 2.22 bits per heavy atom. The third kappa shape index (κ3) is 2.35. The molecule has 1 N–H and O–H groups in total. The van der Waals surface area contributed by atoms with Crippen LogP contribution in [0.2, 0.25) is 0 Å². The van der Waals surface area contributed by atoms with E-state index in [4.69, 9.17) is 4.98 Å². The molecule has 0 bridgehead atoms. The summed E-state index contributed by atoms with van der Waals surface area (Å²) in [6.45, 7) is 4.33. The maximum absolute atomic E-state index is 4.82. The number of aryl methyl sites for hydroxylation is 2. The molecule has 0 spiro atoms. The predicted octanol–water partition coefficient (Wildman–Crippen LogP) is 3.18. The van der Waals surface area contributed by atoms with Crippen LogP contribution >= 0.6 is 22.7 Å². The molecule has 0 fully saturated rings. The normalized spacial score (nSPS) is 16.2. The van der Waals surface area contributed by atoms with Crippen molar-refractivity contribution in [3.8, 4) is 0 Å². The molecule has 1 aliphatic carbocycles. The molecule has 0 aliphatic heterocycles. The van der Waals surface area contributed by atoms with Gasteiger partial charge in [0.05, 0.1) is 16.9 Å². The first kappa shape index (κ1) is 12.3. The first-order valence-corrected chi connectivity index (χ1v) is 8.12. The Labute approximate surface area is 115 Å². The number of hydrogen-bond acceptors (Lipinski definition) is 5. The minimum absolute atomic E-state index is 0.159. The fourth-order valence-electron chi connectivity index (χ4n) is 2.31. The van der Waals surface area contributed by atoms with Crippen molar-refractivity contribution in [1.82, 2.24) is 15.3 Å².